The highest BCUT2D eigenvalue weighted by molar-refractivity contribution is 6.03. The van der Waals surface area contributed by atoms with E-state index < -0.39 is 0 Å². The van der Waals surface area contributed by atoms with Gasteiger partial charge < -0.3 is 10.6 Å². The van der Waals surface area contributed by atoms with E-state index in [-0.39, 0.29) is 11.9 Å². The molecule has 0 radical (unpaired) electrons. The van der Waals surface area contributed by atoms with Gasteiger partial charge in [-0.2, -0.15) is 0 Å². The van der Waals surface area contributed by atoms with Crippen LogP contribution in [0.15, 0.2) is 18.2 Å². The van der Waals surface area contributed by atoms with E-state index in [1.807, 2.05) is 25.1 Å². The zero-order chi connectivity index (χ0) is 11.8. The number of benzene rings is 1. The number of nitrogens with one attached hydrogen (secondary N) is 2. The van der Waals surface area contributed by atoms with Gasteiger partial charge in [0.25, 0.3) is 0 Å². The summed E-state index contributed by atoms with van der Waals surface area (Å²) in [6.45, 7) is 3.00. The first-order valence-electron chi connectivity index (χ1n) is 6.39. The molecule has 1 unspecified atom stereocenters. The van der Waals surface area contributed by atoms with Crippen LogP contribution in [0, 0.1) is 12.8 Å². The van der Waals surface area contributed by atoms with Gasteiger partial charge in [-0.1, -0.05) is 24.6 Å². The Morgan fingerprint density at radius 3 is 2.94 bits per heavy atom. The van der Waals surface area contributed by atoms with Gasteiger partial charge in [0.15, 0.2) is 0 Å². The first-order valence-corrected chi connectivity index (χ1v) is 6.39. The summed E-state index contributed by atoms with van der Waals surface area (Å²) in [6.07, 6.45) is 3.96. The predicted molar refractivity (Wildman–Crippen MR) is 67.9 cm³/mol. The quantitative estimate of drug-likeness (QED) is 0.837. The van der Waals surface area contributed by atoms with Crippen LogP contribution >= 0.6 is 0 Å². The first kappa shape index (κ1) is 10.8. The SMILES string of the molecule is Cc1cccc2c1NC(=O)C2NCC1CCC1. The van der Waals surface area contributed by atoms with Crippen LogP contribution in [0.25, 0.3) is 0 Å². The van der Waals surface area contributed by atoms with E-state index in [9.17, 15) is 4.79 Å². The van der Waals surface area contributed by atoms with Crippen LogP contribution in [0.4, 0.5) is 5.69 Å². The monoisotopic (exact) mass is 230 g/mol. The van der Waals surface area contributed by atoms with Gasteiger partial charge >= 0.3 is 0 Å². The number of para-hydroxylation sites is 1. The summed E-state index contributed by atoms with van der Waals surface area (Å²) in [5.74, 6) is 0.866. The summed E-state index contributed by atoms with van der Waals surface area (Å²) in [7, 11) is 0. The zero-order valence-electron chi connectivity index (χ0n) is 10.1. The number of amides is 1. The molecule has 3 rings (SSSR count). The van der Waals surface area contributed by atoms with Gasteiger partial charge in [-0.05, 0) is 37.8 Å². The van der Waals surface area contributed by atoms with Crippen molar-refractivity contribution in [2.45, 2.75) is 32.2 Å². The normalized spacial score (nSPS) is 23.1. The Hall–Kier alpha value is -1.35. The van der Waals surface area contributed by atoms with Crippen molar-refractivity contribution in [2.75, 3.05) is 11.9 Å². The molecule has 1 atom stereocenters. The van der Waals surface area contributed by atoms with Gasteiger partial charge in [0.1, 0.15) is 6.04 Å². The summed E-state index contributed by atoms with van der Waals surface area (Å²) in [5, 5.41) is 6.38. The molecule has 3 heteroatoms. The van der Waals surface area contributed by atoms with Crippen molar-refractivity contribution in [1.82, 2.24) is 5.32 Å². The molecule has 2 aliphatic rings. The molecule has 90 valence electrons. The number of anilines is 1. The number of carbonyl (C=O) groups is 1. The maximum atomic E-state index is 11.9. The Bertz CT molecular complexity index is 452. The van der Waals surface area contributed by atoms with Crippen molar-refractivity contribution < 1.29 is 4.79 Å². The largest absolute Gasteiger partial charge is 0.324 e. The number of hydrogen-bond acceptors (Lipinski definition) is 2. The number of fused-ring (bicyclic) bond motifs is 1. The lowest BCUT2D eigenvalue weighted by Gasteiger charge is -2.26. The number of carbonyl (C=O) groups excluding carboxylic acids is 1. The third-order valence-electron chi connectivity index (χ3n) is 3.96. The average molecular weight is 230 g/mol. The second-order valence-corrected chi connectivity index (χ2v) is 5.17. The van der Waals surface area contributed by atoms with Gasteiger partial charge in [0, 0.05) is 11.3 Å². The van der Waals surface area contributed by atoms with Crippen molar-refractivity contribution in [1.29, 1.82) is 0 Å². The molecular formula is C14H18N2O. The lowest BCUT2D eigenvalue weighted by atomic mass is 9.85. The molecule has 1 aromatic carbocycles. The third-order valence-corrected chi connectivity index (χ3v) is 3.96. The fraction of sp³-hybridized carbons (Fsp3) is 0.500. The molecule has 1 aromatic rings. The average Bonchev–Trinajstić information content (AvgIpc) is 2.55. The van der Waals surface area contributed by atoms with Crippen LogP contribution in [0.3, 0.4) is 0 Å². The lowest BCUT2D eigenvalue weighted by Crippen LogP contribution is -2.33. The van der Waals surface area contributed by atoms with Gasteiger partial charge in [-0.3, -0.25) is 4.79 Å². The summed E-state index contributed by atoms with van der Waals surface area (Å²) in [5.41, 5.74) is 3.25. The van der Waals surface area contributed by atoms with Crippen molar-refractivity contribution >= 4 is 11.6 Å². The number of rotatable bonds is 3. The van der Waals surface area contributed by atoms with E-state index in [1.165, 1.54) is 19.3 Å². The third kappa shape index (κ3) is 1.84. The molecule has 0 bridgehead atoms. The van der Waals surface area contributed by atoms with E-state index in [4.69, 9.17) is 0 Å². The van der Waals surface area contributed by atoms with Crippen LogP contribution in [-0.4, -0.2) is 12.5 Å². The topological polar surface area (TPSA) is 41.1 Å². The van der Waals surface area contributed by atoms with Crippen molar-refractivity contribution in [3.63, 3.8) is 0 Å². The van der Waals surface area contributed by atoms with E-state index in [2.05, 4.69) is 10.6 Å². The molecule has 1 heterocycles. The standard InChI is InChI=1S/C14H18N2O/c1-9-4-2-7-11-12(9)16-14(17)13(11)15-8-10-5-3-6-10/h2,4,7,10,13,15H,3,5-6,8H2,1H3,(H,16,17). The minimum absolute atomic E-state index is 0.0913. The Morgan fingerprint density at radius 2 is 2.24 bits per heavy atom. The second kappa shape index (κ2) is 4.15. The Kier molecular flexibility index (Phi) is 2.63. The van der Waals surface area contributed by atoms with E-state index in [1.54, 1.807) is 0 Å². The molecule has 1 aliphatic carbocycles. The molecule has 1 amide bonds. The molecule has 0 saturated heterocycles. The van der Waals surface area contributed by atoms with Crippen molar-refractivity contribution in [3.05, 3.63) is 29.3 Å². The van der Waals surface area contributed by atoms with Gasteiger partial charge in [-0.15, -0.1) is 0 Å². The number of hydrogen-bond donors (Lipinski definition) is 2. The van der Waals surface area contributed by atoms with E-state index >= 15 is 0 Å². The zero-order valence-corrected chi connectivity index (χ0v) is 10.1. The van der Waals surface area contributed by atoms with Gasteiger partial charge in [0.2, 0.25) is 5.91 Å². The molecular weight excluding hydrogens is 212 g/mol. The minimum atomic E-state index is -0.148. The van der Waals surface area contributed by atoms with Crippen LogP contribution in [-0.2, 0) is 4.79 Å². The Balaban J connectivity index is 1.76. The second-order valence-electron chi connectivity index (χ2n) is 5.17. The molecule has 1 aliphatic heterocycles. The fourth-order valence-electron chi connectivity index (χ4n) is 2.62. The number of aryl methyl sites for hydroxylation is 1. The fourth-order valence-corrected chi connectivity index (χ4v) is 2.62. The minimum Gasteiger partial charge on any atom is -0.324 e. The van der Waals surface area contributed by atoms with Gasteiger partial charge in [-0.25, -0.2) is 0 Å². The summed E-state index contributed by atoms with van der Waals surface area (Å²) < 4.78 is 0. The molecule has 2 N–H and O–H groups in total. The van der Waals surface area contributed by atoms with Crippen LogP contribution in [0.2, 0.25) is 0 Å². The molecule has 0 spiro atoms. The van der Waals surface area contributed by atoms with Crippen LogP contribution in [0.1, 0.15) is 36.4 Å². The summed E-state index contributed by atoms with van der Waals surface area (Å²) >= 11 is 0. The maximum Gasteiger partial charge on any atom is 0.246 e. The Labute approximate surface area is 102 Å². The predicted octanol–water partition coefficient (Wildman–Crippen LogP) is 2.38. The van der Waals surface area contributed by atoms with E-state index in [0.717, 1.165) is 29.3 Å². The molecule has 3 nitrogen and oxygen atoms in total. The summed E-state index contributed by atoms with van der Waals surface area (Å²) in [4.78, 5) is 11.9. The molecule has 0 aromatic heterocycles. The van der Waals surface area contributed by atoms with Gasteiger partial charge in [0.05, 0.1) is 0 Å². The Morgan fingerprint density at radius 1 is 1.41 bits per heavy atom. The maximum absolute atomic E-state index is 11.9. The molecule has 17 heavy (non-hydrogen) atoms. The van der Waals surface area contributed by atoms with Crippen LogP contribution in [0.5, 0.6) is 0 Å². The van der Waals surface area contributed by atoms with E-state index in [0.29, 0.717) is 0 Å². The summed E-state index contributed by atoms with van der Waals surface area (Å²) in [6, 6.07) is 5.95. The molecule has 1 fully saturated rings. The highest BCUT2D eigenvalue weighted by atomic mass is 16.2. The first-order chi connectivity index (χ1) is 8.25. The van der Waals surface area contributed by atoms with Crippen molar-refractivity contribution in [2.24, 2.45) is 5.92 Å². The van der Waals surface area contributed by atoms with Crippen molar-refractivity contribution in [3.8, 4) is 0 Å². The molecule has 1 saturated carbocycles. The van der Waals surface area contributed by atoms with Crippen LogP contribution < -0.4 is 10.6 Å². The lowest BCUT2D eigenvalue weighted by molar-refractivity contribution is -0.117. The smallest absolute Gasteiger partial charge is 0.246 e. The highest BCUT2D eigenvalue weighted by Gasteiger charge is 2.31. The highest BCUT2D eigenvalue weighted by Crippen LogP contribution is 2.34.